The third-order valence-electron chi connectivity index (χ3n) is 4.26. The van der Waals surface area contributed by atoms with Crippen LogP contribution in [0.5, 0.6) is 5.75 Å². The molecule has 1 saturated heterocycles. The van der Waals surface area contributed by atoms with Gasteiger partial charge in [0.15, 0.2) is 0 Å². The van der Waals surface area contributed by atoms with Crippen molar-refractivity contribution in [2.45, 2.75) is 12.8 Å². The fourth-order valence-electron chi connectivity index (χ4n) is 3.18. The molecule has 0 aromatic heterocycles. The Labute approximate surface area is 148 Å². The molecule has 1 fully saturated rings. The van der Waals surface area contributed by atoms with E-state index >= 15 is 0 Å². The van der Waals surface area contributed by atoms with Crippen molar-refractivity contribution < 1.29 is 9.53 Å². The third-order valence-corrected chi connectivity index (χ3v) is 4.49. The van der Waals surface area contributed by atoms with Gasteiger partial charge in [0.25, 0.3) is 5.91 Å². The van der Waals surface area contributed by atoms with Gasteiger partial charge in [-0.15, -0.1) is 12.4 Å². The zero-order valence-corrected chi connectivity index (χ0v) is 14.8. The topological polar surface area (TPSA) is 41.6 Å². The number of carbonyl (C=O) groups excluding carboxylic acids is 1. The molecule has 1 N–H and O–H groups in total. The Balaban J connectivity index is 0.00000192. The number of rotatable bonds is 3. The van der Waals surface area contributed by atoms with Crippen molar-refractivity contribution in [3.63, 3.8) is 0 Å². The van der Waals surface area contributed by atoms with Crippen LogP contribution < -0.4 is 10.1 Å². The number of halogens is 2. The molecule has 0 bridgehead atoms. The molecule has 0 aliphatic carbocycles. The van der Waals surface area contributed by atoms with E-state index < -0.39 is 0 Å². The average Bonchev–Trinajstić information content (AvgIpc) is 2.54. The van der Waals surface area contributed by atoms with Gasteiger partial charge in [0, 0.05) is 23.7 Å². The van der Waals surface area contributed by atoms with E-state index in [0.717, 1.165) is 37.4 Å². The van der Waals surface area contributed by atoms with Gasteiger partial charge in [0.1, 0.15) is 12.4 Å². The van der Waals surface area contributed by atoms with Crippen molar-refractivity contribution in [2.75, 3.05) is 33.3 Å². The van der Waals surface area contributed by atoms with Gasteiger partial charge in [0.05, 0.1) is 5.57 Å². The predicted octanol–water partition coefficient (Wildman–Crippen LogP) is 3.00. The lowest BCUT2D eigenvalue weighted by molar-refractivity contribution is -0.129. The van der Waals surface area contributed by atoms with Crippen molar-refractivity contribution in [3.05, 3.63) is 34.4 Å². The number of nitrogens with zero attached hydrogens (tertiary/aromatic N) is 1. The minimum atomic E-state index is 0. The van der Waals surface area contributed by atoms with Gasteiger partial charge < -0.3 is 15.0 Å². The molecule has 126 valence electrons. The van der Waals surface area contributed by atoms with Gasteiger partial charge in [0.2, 0.25) is 0 Å². The molecule has 1 atom stereocenters. The van der Waals surface area contributed by atoms with E-state index in [1.807, 2.05) is 30.2 Å². The summed E-state index contributed by atoms with van der Waals surface area (Å²) in [5, 5.41) is 3.86. The highest BCUT2D eigenvalue weighted by Gasteiger charge is 2.27. The molecule has 4 nitrogen and oxygen atoms in total. The van der Waals surface area contributed by atoms with Gasteiger partial charge in [-0.2, -0.15) is 0 Å². The molecule has 23 heavy (non-hydrogen) atoms. The van der Waals surface area contributed by atoms with Crippen LogP contribution in [0.3, 0.4) is 0 Å². The molecular formula is C17H22Cl2N2O2. The van der Waals surface area contributed by atoms with Gasteiger partial charge in [-0.1, -0.05) is 11.6 Å². The molecule has 1 aromatic carbocycles. The van der Waals surface area contributed by atoms with E-state index in [4.69, 9.17) is 16.3 Å². The smallest absolute Gasteiger partial charge is 0.253 e. The summed E-state index contributed by atoms with van der Waals surface area (Å²) in [6.45, 7) is 2.94. The van der Waals surface area contributed by atoms with Crippen LogP contribution in [-0.2, 0) is 4.79 Å². The Morgan fingerprint density at radius 3 is 3.09 bits per heavy atom. The molecule has 0 spiro atoms. The number of fused-ring (bicyclic) bond motifs is 1. The standard InChI is InChI=1S/C17H21ClN2O2.ClH/c1-19-9-12-3-2-6-20(10-12)17(21)14-7-13-8-15(18)4-5-16(13)22-11-14;/h4-5,7-8,12,19H,2-3,6,9-11H2,1H3;1H. The van der Waals surface area contributed by atoms with Gasteiger partial charge in [-0.3, -0.25) is 4.79 Å². The van der Waals surface area contributed by atoms with Crippen molar-refractivity contribution in [2.24, 2.45) is 5.92 Å². The number of amides is 1. The Hall–Kier alpha value is -1.23. The maximum atomic E-state index is 12.7. The fourth-order valence-corrected chi connectivity index (χ4v) is 3.36. The van der Waals surface area contributed by atoms with Crippen LogP contribution in [0.1, 0.15) is 18.4 Å². The number of piperidine rings is 1. The molecule has 1 aromatic rings. The summed E-state index contributed by atoms with van der Waals surface area (Å²) in [6, 6.07) is 5.48. The zero-order chi connectivity index (χ0) is 15.5. The van der Waals surface area contributed by atoms with Crippen LogP contribution in [-0.4, -0.2) is 44.1 Å². The summed E-state index contributed by atoms with van der Waals surface area (Å²) in [6.07, 6.45) is 4.15. The lowest BCUT2D eigenvalue weighted by atomic mass is 9.97. The van der Waals surface area contributed by atoms with E-state index in [2.05, 4.69) is 5.32 Å². The molecule has 0 radical (unpaired) electrons. The van der Waals surface area contributed by atoms with Crippen molar-refractivity contribution in [1.82, 2.24) is 10.2 Å². The lowest BCUT2D eigenvalue weighted by Crippen LogP contribution is -2.43. The predicted molar refractivity (Wildman–Crippen MR) is 95.4 cm³/mol. The van der Waals surface area contributed by atoms with E-state index in [9.17, 15) is 4.79 Å². The lowest BCUT2D eigenvalue weighted by Gasteiger charge is -2.33. The molecule has 6 heteroatoms. The highest BCUT2D eigenvalue weighted by molar-refractivity contribution is 6.30. The van der Waals surface area contributed by atoms with Gasteiger partial charge >= 0.3 is 0 Å². The van der Waals surface area contributed by atoms with Crippen molar-refractivity contribution in [1.29, 1.82) is 0 Å². The molecule has 1 unspecified atom stereocenters. The average molecular weight is 357 g/mol. The van der Waals surface area contributed by atoms with Crippen LogP contribution in [0.4, 0.5) is 0 Å². The quantitative estimate of drug-likeness (QED) is 0.904. The van der Waals surface area contributed by atoms with Crippen LogP contribution in [0.25, 0.3) is 6.08 Å². The Morgan fingerprint density at radius 2 is 2.30 bits per heavy atom. The van der Waals surface area contributed by atoms with Crippen molar-refractivity contribution in [3.8, 4) is 5.75 Å². The number of carbonyl (C=O) groups is 1. The Kier molecular flexibility index (Phi) is 6.33. The van der Waals surface area contributed by atoms with Crippen LogP contribution >= 0.6 is 24.0 Å². The number of nitrogens with one attached hydrogen (secondary N) is 1. The minimum Gasteiger partial charge on any atom is -0.488 e. The van der Waals surface area contributed by atoms with Crippen LogP contribution in [0.15, 0.2) is 23.8 Å². The van der Waals surface area contributed by atoms with Crippen LogP contribution in [0.2, 0.25) is 5.02 Å². The second kappa shape index (κ2) is 8.04. The number of hydrogen-bond donors (Lipinski definition) is 1. The summed E-state index contributed by atoms with van der Waals surface area (Å²) in [7, 11) is 1.96. The third kappa shape index (κ3) is 4.19. The number of likely N-dealkylation sites (tertiary alicyclic amines) is 1. The monoisotopic (exact) mass is 356 g/mol. The SMILES string of the molecule is CNCC1CCCN(C(=O)C2=Cc3cc(Cl)ccc3OC2)C1.Cl. The summed E-state index contributed by atoms with van der Waals surface area (Å²) in [4.78, 5) is 14.7. The van der Waals surface area contributed by atoms with E-state index in [-0.39, 0.29) is 18.3 Å². The maximum Gasteiger partial charge on any atom is 0.253 e. The maximum absolute atomic E-state index is 12.7. The largest absolute Gasteiger partial charge is 0.488 e. The van der Waals surface area contributed by atoms with Crippen molar-refractivity contribution >= 4 is 36.0 Å². The minimum absolute atomic E-state index is 0. The van der Waals surface area contributed by atoms with Gasteiger partial charge in [-0.25, -0.2) is 0 Å². The van der Waals surface area contributed by atoms with Crippen LogP contribution in [0, 0.1) is 5.92 Å². The summed E-state index contributed by atoms with van der Waals surface area (Å²) >= 11 is 6.02. The van der Waals surface area contributed by atoms with Gasteiger partial charge in [-0.05, 0) is 56.6 Å². The second-order valence-electron chi connectivity index (χ2n) is 5.96. The molecular weight excluding hydrogens is 335 g/mol. The fraction of sp³-hybridized carbons (Fsp3) is 0.471. The molecule has 2 aliphatic rings. The first-order valence-electron chi connectivity index (χ1n) is 7.74. The molecule has 2 aliphatic heterocycles. The summed E-state index contributed by atoms with van der Waals surface area (Å²) < 4.78 is 5.69. The Morgan fingerprint density at radius 1 is 1.48 bits per heavy atom. The summed E-state index contributed by atoms with van der Waals surface area (Å²) in [5.41, 5.74) is 1.59. The number of ether oxygens (including phenoxy) is 1. The number of hydrogen-bond acceptors (Lipinski definition) is 3. The normalized spacial score (nSPS) is 20.0. The zero-order valence-electron chi connectivity index (χ0n) is 13.2. The summed E-state index contributed by atoms with van der Waals surface area (Å²) in [5.74, 6) is 1.41. The van der Waals surface area contributed by atoms with E-state index in [0.29, 0.717) is 23.1 Å². The first-order valence-corrected chi connectivity index (χ1v) is 8.12. The highest BCUT2D eigenvalue weighted by atomic mass is 35.5. The molecule has 2 heterocycles. The van der Waals surface area contributed by atoms with E-state index in [1.165, 1.54) is 6.42 Å². The second-order valence-corrected chi connectivity index (χ2v) is 6.39. The first kappa shape index (κ1) is 18.1. The molecule has 0 saturated carbocycles. The van der Waals surface area contributed by atoms with E-state index in [1.54, 1.807) is 6.07 Å². The molecule has 1 amide bonds. The highest BCUT2D eigenvalue weighted by Crippen LogP contribution is 2.30. The first-order chi connectivity index (χ1) is 10.7. The number of benzene rings is 1. The Bertz CT molecular complexity index is 602. The molecule has 3 rings (SSSR count).